The molecule has 0 saturated carbocycles. The molecule has 2 amide bonds. The van der Waals surface area contributed by atoms with E-state index >= 15 is 0 Å². The lowest BCUT2D eigenvalue weighted by Crippen LogP contribution is -2.71. The number of thioether (sulfide) groups is 2. The summed E-state index contributed by atoms with van der Waals surface area (Å²) < 4.78 is 0.120. The first-order valence-electron chi connectivity index (χ1n) is 10.1. The van der Waals surface area contributed by atoms with Gasteiger partial charge in [0, 0.05) is 11.8 Å². The largest absolute Gasteiger partial charge is 0.477 e. The van der Waals surface area contributed by atoms with Gasteiger partial charge < -0.3 is 32.5 Å². The molecule has 0 aromatic carbocycles. The summed E-state index contributed by atoms with van der Waals surface area (Å²) in [5, 5.41) is 17.6. The van der Waals surface area contributed by atoms with Crippen LogP contribution in [0.25, 0.3) is 0 Å². The summed E-state index contributed by atoms with van der Waals surface area (Å²) in [7, 11) is 1.23. The zero-order chi connectivity index (χ0) is 26.9. The lowest BCUT2D eigenvalue weighted by molar-refractivity contribution is -0.150. The maximum absolute atomic E-state index is 12.9. The molecule has 8 N–H and O–H groups in total. The van der Waals surface area contributed by atoms with Crippen LogP contribution in [0.2, 0.25) is 4.34 Å². The Morgan fingerprint density at radius 3 is 2.73 bits per heavy atom. The van der Waals surface area contributed by atoms with Crippen LogP contribution in [0.4, 0.5) is 16.9 Å². The van der Waals surface area contributed by atoms with Crippen molar-refractivity contribution < 1.29 is 24.3 Å². The van der Waals surface area contributed by atoms with Crippen LogP contribution >= 0.6 is 46.5 Å². The van der Waals surface area contributed by atoms with E-state index in [0.29, 0.717) is 10.6 Å². The first-order chi connectivity index (χ1) is 17.6. The van der Waals surface area contributed by atoms with E-state index in [-0.39, 0.29) is 44.1 Å². The van der Waals surface area contributed by atoms with Gasteiger partial charge in [-0.15, -0.1) is 11.8 Å². The number of rotatable bonds is 8. The second-order valence-corrected chi connectivity index (χ2v) is 10.9. The van der Waals surface area contributed by atoms with Gasteiger partial charge in [-0.3, -0.25) is 14.5 Å². The number of halogens is 1. The highest BCUT2D eigenvalue weighted by Gasteiger charge is 2.54. The van der Waals surface area contributed by atoms with E-state index in [9.17, 15) is 19.5 Å². The Morgan fingerprint density at radius 1 is 1.35 bits per heavy atom. The number of nitrogen functional groups attached to an aromatic ring is 3. The number of nitrogens with two attached hydrogens (primary N) is 3. The van der Waals surface area contributed by atoms with Crippen LogP contribution in [0.3, 0.4) is 0 Å². The molecule has 2 aliphatic heterocycles. The molecule has 2 atom stereocenters. The molecule has 2 aliphatic rings. The van der Waals surface area contributed by atoms with Crippen LogP contribution in [0.15, 0.2) is 39.0 Å². The van der Waals surface area contributed by atoms with E-state index in [0.717, 1.165) is 28.0 Å². The Bertz CT molecular complexity index is 1360. The van der Waals surface area contributed by atoms with Crippen molar-refractivity contribution in [2.24, 2.45) is 5.16 Å². The van der Waals surface area contributed by atoms with Crippen LogP contribution in [0.1, 0.15) is 5.69 Å². The summed E-state index contributed by atoms with van der Waals surface area (Å²) >= 11 is 9.48. The number of carboxylic acids is 1. The Hall–Kier alpha value is -3.54. The Labute approximate surface area is 226 Å². The van der Waals surface area contributed by atoms with Gasteiger partial charge >= 0.3 is 5.97 Å². The van der Waals surface area contributed by atoms with Gasteiger partial charge in [0.15, 0.2) is 10.8 Å². The third-order valence-corrected chi connectivity index (χ3v) is 8.02. The van der Waals surface area contributed by atoms with Crippen molar-refractivity contribution in [2.45, 2.75) is 16.4 Å². The number of aliphatic carboxylic acids is 1. The van der Waals surface area contributed by atoms with Crippen LogP contribution in [0.5, 0.6) is 0 Å². The predicted octanol–water partition coefficient (Wildman–Crippen LogP) is 0.728. The van der Waals surface area contributed by atoms with Gasteiger partial charge in [-0.25, -0.2) is 14.8 Å². The number of fused-ring (bicyclic) bond motifs is 1. The summed E-state index contributed by atoms with van der Waals surface area (Å²) in [6, 6.07) is 0.514. The number of nitrogens with zero attached hydrogens (tertiary/aromatic N) is 5. The van der Waals surface area contributed by atoms with Crippen LogP contribution in [-0.4, -0.2) is 72.7 Å². The van der Waals surface area contributed by atoms with Gasteiger partial charge in [-0.1, -0.05) is 39.9 Å². The fraction of sp³-hybridized carbons (Fsp3) is 0.211. The molecule has 194 valence electrons. The smallest absolute Gasteiger partial charge is 0.352 e. The number of oxime groups is 1. The van der Waals surface area contributed by atoms with Crippen molar-refractivity contribution in [3.8, 4) is 0 Å². The van der Waals surface area contributed by atoms with E-state index < -0.39 is 29.2 Å². The molecule has 2 aromatic heterocycles. The Balaban J connectivity index is 1.51. The third kappa shape index (κ3) is 5.43. The normalized spacial score (nSPS) is 19.6. The van der Waals surface area contributed by atoms with Crippen LogP contribution < -0.4 is 22.5 Å². The molecular weight excluding hydrogens is 566 g/mol. The molecular formula is C19H18ClN9O5S3. The van der Waals surface area contributed by atoms with Crippen molar-refractivity contribution >= 4 is 86.9 Å². The van der Waals surface area contributed by atoms with Gasteiger partial charge in [0.2, 0.25) is 5.95 Å². The molecule has 14 nitrogen and oxygen atoms in total. The maximum atomic E-state index is 12.9. The van der Waals surface area contributed by atoms with Crippen molar-refractivity contribution in [3.05, 3.63) is 38.9 Å². The molecule has 0 aliphatic carbocycles. The van der Waals surface area contributed by atoms with E-state index in [2.05, 4.69) is 25.4 Å². The number of thiazole rings is 1. The summed E-state index contributed by atoms with van der Waals surface area (Å²) in [6.45, 7) is 0. The van der Waals surface area contributed by atoms with Crippen molar-refractivity contribution in [1.29, 1.82) is 0 Å². The zero-order valence-electron chi connectivity index (χ0n) is 18.7. The highest BCUT2D eigenvalue weighted by molar-refractivity contribution is 8.02. The number of hydrogen-bond donors (Lipinski definition) is 5. The summed E-state index contributed by atoms with van der Waals surface area (Å²) in [6.07, 6.45) is 1.57. The molecule has 18 heteroatoms. The van der Waals surface area contributed by atoms with Crippen molar-refractivity contribution in [1.82, 2.24) is 25.2 Å². The molecule has 1 fully saturated rings. The molecule has 1 saturated heterocycles. The van der Waals surface area contributed by atoms with Gasteiger partial charge in [-0.2, -0.15) is 4.98 Å². The average Bonchev–Trinajstić information content (AvgIpc) is 3.16. The SMILES string of the molecule is CO/N=C(/C(=O)N[C@@H]1C(=O)N2C(C(=O)O)=C(/C=C/Sc3cc(N)nc(N)n3)CS[C@H]12)c1nc(N)sc1Cl. The number of carbonyl (C=O) groups is 3. The third-order valence-electron chi connectivity index (χ3n) is 4.91. The number of hydrogen-bond acceptors (Lipinski definition) is 14. The van der Waals surface area contributed by atoms with E-state index in [4.69, 9.17) is 33.6 Å². The first kappa shape index (κ1) is 26.5. The minimum atomic E-state index is -1.28. The number of nitrogens with one attached hydrogen (secondary N) is 1. The standard InChI is InChI=1S/C19H18ClN9O5S3/c1-34-28-10(9-13(20)37-19(23)27-9)14(30)26-11-15(31)29-12(17(32)33)6(5-36-16(11)29)2-3-35-8-4-7(21)24-18(22)25-8/h2-4,11,16H,5H2,1H3,(H2,23,27)(H,26,30)(H,32,33)(H4,21,22,24,25)/b3-2+,28-10+/t11-,16-/m1/s1. The molecule has 0 spiro atoms. The predicted molar refractivity (Wildman–Crippen MR) is 141 cm³/mol. The van der Waals surface area contributed by atoms with E-state index in [1.165, 1.54) is 24.9 Å². The van der Waals surface area contributed by atoms with E-state index in [1.807, 2.05) is 0 Å². The first-order valence-corrected chi connectivity index (χ1v) is 13.2. The molecule has 37 heavy (non-hydrogen) atoms. The number of aromatic nitrogens is 3. The van der Waals surface area contributed by atoms with Crippen LogP contribution in [0, 0.1) is 0 Å². The summed E-state index contributed by atoms with van der Waals surface area (Å²) in [5.74, 6) is -2.19. The van der Waals surface area contributed by atoms with Gasteiger partial charge in [0.25, 0.3) is 11.8 Å². The fourth-order valence-electron chi connectivity index (χ4n) is 3.43. The lowest BCUT2D eigenvalue weighted by Gasteiger charge is -2.49. The number of carbonyl (C=O) groups excluding carboxylic acids is 2. The quantitative estimate of drug-likeness (QED) is 0.0950. The van der Waals surface area contributed by atoms with Gasteiger partial charge in [0.1, 0.15) is 45.1 Å². The van der Waals surface area contributed by atoms with Gasteiger partial charge in [0.05, 0.1) is 0 Å². The number of β-lactam (4-membered cyclic amide) rings is 1. The number of amides is 2. The second-order valence-electron chi connectivity index (χ2n) is 7.25. The number of carboxylic acid groups (broad SMARTS) is 1. The Morgan fingerprint density at radius 2 is 2.11 bits per heavy atom. The lowest BCUT2D eigenvalue weighted by atomic mass is 10.0. The molecule has 4 rings (SSSR count). The molecule has 4 heterocycles. The molecule has 0 radical (unpaired) electrons. The summed E-state index contributed by atoms with van der Waals surface area (Å²) in [4.78, 5) is 55.6. The highest BCUT2D eigenvalue weighted by Crippen LogP contribution is 2.41. The molecule has 0 unspecified atom stereocenters. The van der Waals surface area contributed by atoms with Crippen LogP contribution in [-0.2, 0) is 19.2 Å². The second kappa shape index (κ2) is 10.8. The zero-order valence-corrected chi connectivity index (χ0v) is 22.0. The monoisotopic (exact) mass is 583 g/mol. The van der Waals surface area contributed by atoms with Crippen molar-refractivity contribution in [3.63, 3.8) is 0 Å². The maximum Gasteiger partial charge on any atom is 0.352 e. The van der Waals surface area contributed by atoms with Crippen molar-refractivity contribution in [2.75, 3.05) is 30.1 Å². The topological polar surface area (TPSA) is 225 Å². The minimum Gasteiger partial charge on any atom is -0.477 e. The molecule has 0 bridgehead atoms. The number of anilines is 3. The Kier molecular flexibility index (Phi) is 7.76. The van der Waals surface area contributed by atoms with E-state index in [1.54, 1.807) is 11.5 Å². The number of allylic oxidation sites excluding steroid dienone is 1. The van der Waals surface area contributed by atoms with Gasteiger partial charge in [-0.05, 0) is 17.1 Å². The fourth-order valence-corrected chi connectivity index (χ4v) is 6.39. The minimum absolute atomic E-state index is 0.00619. The molecule has 2 aromatic rings. The average molecular weight is 584 g/mol. The highest BCUT2D eigenvalue weighted by atomic mass is 35.5. The summed E-state index contributed by atoms with van der Waals surface area (Å²) in [5.41, 5.74) is 16.8.